The Labute approximate surface area is 136 Å². The fraction of sp³-hybridized carbons (Fsp3) is 0.941. The van der Waals surface area contributed by atoms with Crippen molar-refractivity contribution in [1.82, 2.24) is 20.4 Å². The molecule has 22 heavy (non-hydrogen) atoms. The van der Waals surface area contributed by atoms with E-state index in [0.29, 0.717) is 12.1 Å². The van der Waals surface area contributed by atoms with Gasteiger partial charge in [0.15, 0.2) is 5.96 Å². The predicted molar refractivity (Wildman–Crippen MR) is 94.5 cm³/mol. The molecule has 0 bridgehead atoms. The first kappa shape index (κ1) is 17.5. The second-order valence-corrected chi connectivity index (χ2v) is 6.95. The van der Waals surface area contributed by atoms with Crippen molar-refractivity contribution in [2.75, 3.05) is 46.3 Å². The summed E-state index contributed by atoms with van der Waals surface area (Å²) < 4.78 is 0. The van der Waals surface area contributed by atoms with Crippen LogP contribution < -0.4 is 10.6 Å². The van der Waals surface area contributed by atoms with Crippen LogP contribution in [-0.4, -0.2) is 74.2 Å². The second-order valence-electron chi connectivity index (χ2n) is 6.95. The molecule has 0 aromatic carbocycles. The Hall–Kier alpha value is -0.810. The highest BCUT2D eigenvalue weighted by molar-refractivity contribution is 5.79. The fourth-order valence-corrected chi connectivity index (χ4v) is 3.46. The van der Waals surface area contributed by atoms with Crippen molar-refractivity contribution in [3.05, 3.63) is 0 Å². The van der Waals surface area contributed by atoms with Crippen LogP contribution in [0.4, 0.5) is 0 Å². The molecule has 0 unspecified atom stereocenters. The molecule has 2 aliphatic rings. The first-order valence-electron chi connectivity index (χ1n) is 9.12. The number of aliphatic imine (C=N–C) groups is 1. The minimum absolute atomic E-state index is 0.566. The number of nitrogens with one attached hydrogen (secondary N) is 2. The molecular weight excluding hydrogens is 274 g/mol. The lowest BCUT2D eigenvalue weighted by atomic mass is 10.0. The topological polar surface area (TPSA) is 42.9 Å². The van der Waals surface area contributed by atoms with Crippen molar-refractivity contribution >= 4 is 5.96 Å². The van der Waals surface area contributed by atoms with E-state index in [1.54, 1.807) is 0 Å². The number of nitrogens with zero attached hydrogens (tertiary/aromatic N) is 3. The molecule has 2 aliphatic heterocycles. The van der Waals surface area contributed by atoms with Gasteiger partial charge in [-0.05, 0) is 52.6 Å². The van der Waals surface area contributed by atoms with Crippen molar-refractivity contribution in [1.29, 1.82) is 0 Å². The molecule has 0 saturated carbocycles. The van der Waals surface area contributed by atoms with E-state index < -0.39 is 0 Å². The Morgan fingerprint density at radius 1 is 1.09 bits per heavy atom. The molecule has 5 nitrogen and oxygen atoms in total. The van der Waals surface area contributed by atoms with E-state index in [-0.39, 0.29) is 0 Å². The summed E-state index contributed by atoms with van der Waals surface area (Å²) >= 11 is 0. The lowest BCUT2D eigenvalue weighted by Gasteiger charge is -2.35. The van der Waals surface area contributed by atoms with E-state index in [9.17, 15) is 0 Å². The zero-order valence-electron chi connectivity index (χ0n) is 14.8. The van der Waals surface area contributed by atoms with Crippen molar-refractivity contribution in [3.63, 3.8) is 0 Å². The largest absolute Gasteiger partial charge is 0.355 e. The summed E-state index contributed by atoms with van der Waals surface area (Å²) in [6, 6.07) is 1.24. The molecule has 5 heteroatoms. The van der Waals surface area contributed by atoms with Crippen LogP contribution in [0, 0.1) is 0 Å². The number of likely N-dealkylation sites (tertiary alicyclic amines) is 2. The quantitative estimate of drug-likeness (QED) is 0.597. The third-order valence-electron chi connectivity index (χ3n) is 4.99. The van der Waals surface area contributed by atoms with Crippen molar-refractivity contribution < 1.29 is 0 Å². The van der Waals surface area contributed by atoms with Gasteiger partial charge in [0.2, 0.25) is 0 Å². The highest BCUT2D eigenvalue weighted by atomic mass is 15.2. The number of guanidine groups is 1. The van der Waals surface area contributed by atoms with Crippen LogP contribution >= 0.6 is 0 Å². The molecule has 2 fully saturated rings. The molecule has 2 N–H and O–H groups in total. The van der Waals surface area contributed by atoms with Gasteiger partial charge in [-0.2, -0.15) is 0 Å². The molecule has 2 saturated heterocycles. The van der Waals surface area contributed by atoms with Crippen LogP contribution in [0.15, 0.2) is 4.99 Å². The molecule has 0 aromatic heterocycles. The van der Waals surface area contributed by atoms with Crippen molar-refractivity contribution in [2.24, 2.45) is 4.99 Å². The molecule has 0 spiro atoms. The molecule has 2 rings (SSSR count). The summed E-state index contributed by atoms with van der Waals surface area (Å²) in [7, 11) is 1.87. The van der Waals surface area contributed by atoms with Gasteiger partial charge in [-0.1, -0.05) is 6.42 Å². The molecule has 2 heterocycles. The van der Waals surface area contributed by atoms with Gasteiger partial charge in [0.25, 0.3) is 0 Å². The van der Waals surface area contributed by atoms with Crippen molar-refractivity contribution in [3.8, 4) is 0 Å². The average Bonchev–Trinajstić information content (AvgIpc) is 2.55. The Kier molecular flexibility index (Phi) is 7.46. The van der Waals surface area contributed by atoms with Crippen LogP contribution in [0.5, 0.6) is 0 Å². The summed E-state index contributed by atoms with van der Waals surface area (Å²) in [5.41, 5.74) is 0. The highest BCUT2D eigenvalue weighted by Gasteiger charge is 2.21. The zero-order valence-corrected chi connectivity index (χ0v) is 14.8. The third-order valence-corrected chi connectivity index (χ3v) is 4.99. The maximum absolute atomic E-state index is 4.38. The average molecular weight is 310 g/mol. The maximum Gasteiger partial charge on any atom is 0.191 e. The summed E-state index contributed by atoms with van der Waals surface area (Å²) in [6.45, 7) is 11.6. The smallest absolute Gasteiger partial charge is 0.191 e. The monoisotopic (exact) mass is 309 g/mol. The molecule has 0 amide bonds. The number of rotatable bonds is 5. The van der Waals surface area contributed by atoms with Crippen LogP contribution in [-0.2, 0) is 0 Å². The predicted octanol–water partition coefficient (Wildman–Crippen LogP) is 1.51. The summed E-state index contributed by atoms with van der Waals surface area (Å²) in [5, 5.41) is 7.08. The van der Waals surface area contributed by atoms with E-state index >= 15 is 0 Å². The molecular formula is C17H35N5. The standard InChI is InChI=1S/C17H35N5/c1-15(2)22-12-7-16(8-13-22)20-17(18-3)19-9-14-21-10-5-4-6-11-21/h15-16H,4-14H2,1-3H3,(H2,18,19,20). The summed E-state index contributed by atoms with van der Waals surface area (Å²) in [6.07, 6.45) is 6.56. The first-order chi connectivity index (χ1) is 10.7. The zero-order chi connectivity index (χ0) is 15.8. The van der Waals surface area contributed by atoms with E-state index in [1.807, 2.05) is 7.05 Å². The van der Waals surface area contributed by atoms with Gasteiger partial charge in [-0.3, -0.25) is 4.99 Å². The first-order valence-corrected chi connectivity index (χ1v) is 9.12. The minimum Gasteiger partial charge on any atom is -0.355 e. The number of hydrogen-bond acceptors (Lipinski definition) is 3. The van der Waals surface area contributed by atoms with Gasteiger partial charge < -0.3 is 20.4 Å². The van der Waals surface area contributed by atoms with E-state index in [1.165, 1.54) is 58.3 Å². The Morgan fingerprint density at radius 2 is 1.77 bits per heavy atom. The lowest BCUT2D eigenvalue weighted by molar-refractivity contribution is 0.167. The SMILES string of the molecule is CN=C(NCCN1CCCCC1)NC1CCN(C(C)C)CC1. The van der Waals surface area contributed by atoms with Gasteiger partial charge in [-0.25, -0.2) is 0 Å². The van der Waals surface area contributed by atoms with E-state index in [4.69, 9.17) is 0 Å². The van der Waals surface area contributed by atoms with Crippen LogP contribution in [0.1, 0.15) is 46.0 Å². The van der Waals surface area contributed by atoms with Gasteiger partial charge in [0, 0.05) is 45.3 Å². The molecule has 0 atom stereocenters. The van der Waals surface area contributed by atoms with Gasteiger partial charge in [0.1, 0.15) is 0 Å². The number of hydrogen-bond donors (Lipinski definition) is 2. The molecule has 0 aliphatic carbocycles. The summed E-state index contributed by atoms with van der Waals surface area (Å²) in [5.74, 6) is 0.972. The van der Waals surface area contributed by atoms with E-state index in [2.05, 4.69) is 39.3 Å². The van der Waals surface area contributed by atoms with E-state index in [0.717, 1.165) is 19.0 Å². The van der Waals surface area contributed by atoms with Crippen LogP contribution in [0.3, 0.4) is 0 Å². The Morgan fingerprint density at radius 3 is 2.36 bits per heavy atom. The van der Waals surface area contributed by atoms with Gasteiger partial charge in [-0.15, -0.1) is 0 Å². The Bertz CT molecular complexity index is 328. The normalized spacial score (nSPS) is 23.0. The second kappa shape index (κ2) is 9.36. The molecule has 128 valence electrons. The highest BCUT2D eigenvalue weighted by Crippen LogP contribution is 2.12. The lowest BCUT2D eigenvalue weighted by Crippen LogP contribution is -2.50. The van der Waals surface area contributed by atoms with Crippen LogP contribution in [0.25, 0.3) is 0 Å². The van der Waals surface area contributed by atoms with Crippen LogP contribution in [0.2, 0.25) is 0 Å². The molecule has 0 aromatic rings. The fourth-order valence-electron chi connectivity index (χ4n) is 3.46. The maximum atomic E-state index is 4.38. The molecule has 0 radical (unpaired) electrons. The minimum atomic E-state index is 0.566. The van der Waals surface area contributed by atoms with Crippen molar-refractivity contribution in [2.45, 2.75) is 58.0 Å². The Balaban J connectivity index is 1.63. The van der Waals surface area contributed by atoms with Gasteiger partial charge in [0.05, 0.1) is 0 Å². The summed E-state index contributed by atoms with van der Waals surface area (Å²) in [4.78, 5) is 9.50. The number of piperidine rings is 2. The van der Waals surface area contributed by atoms with Gasteiger partial charge >= 0.3 is 0 Å². The third kappa shape index (κ3) is 5.76.